The molecule has 0 fully saturated rings. The van der Waals surface area contributed by atoms with Gasteiger partial charge in [0.1, 0.15) is 5.82 Å². The van der Waals surface area contributed by atoms with Crippen LogP contribution in [-0.2, 0) is 11.2 Å². The lowest BCUT2D eigenvalue weighted by Crippen LogP contribution is -2.15. The summed E-state index contributed by atoms with van der Waals surface area (Å²) < 4.78 is 15.0. The highest BCUT2D eigenvalue weighted by Crippen LogP contribution is 2.22. The number of aliphatic carboxylic acids is 1. The molecule has 5 heteroatoms. The summed E-state index contributed by atoms with van der Waals surface area (Å²) in [6.45, 7) is 4.00. The van der Waals surface area contributed by atoms with Gasteiger partial charge in [0, 0.05) is 18.7 Å². The first-order valence-corrected chi connectivity index (χ1v) is 6.49. The number of carboxylic acid groups (broad SMARTS) is 1. The predicted molar refractivity (Wildman–Crippen MR) is 73.1 cm³/mol. The zero-order valence-corrected chi connectivity index (χ0v) is 11.5. The fourth-order valence-corrected chi connectivity index (χ4v) is 2.05. The quantitative estimate of drug-likeness (QED) is 0.913. The van der Waals surface area contributed by atoms with Gasteiger partial charge in [-0.25, -0.2) is 4.39 Å². The first-order chi connectivity index (χ1) is 9.47. The molecule has 1 aromatic carbocycles. The summed E-state index contributed by atoms with van der Waals surface area (Å²) in [6.07, 6.45) is 2.07. The molecular formula is C15H17FN2O2. The first kappa shape index (κ1) is 14.2. The van der Waals surface area contributed by atoms with E-state index in [-0.39, 0.29) is 12.5 Å². The molecule has 106 valence electrons. The van der Waals surface area contributed by atoms with Crippen LogP contribution >= 0.6 is 0 Å². The molecular weight excluding hydrogens is 259 g/mol. The molecule has 0 bridgehead atoms. The predicted octanol–water partition coefficient (Wildman–Crippen LogP) is 3.01. The van der Waals surface area contributed by atoms with E-state index in [0.717, 1.165) is 0 Å². The number of benzene rings is 1. The van der Waals surface area contributed by atoms with Crippen molar-refractivity contribution in [1.82, 2.24) is 9.78 Å². The Hall–Kier alpha value is -2.17. The van der Waals surface area contributed by atoms with Gasteiger partial charge in [-0.3, -0.25) is 9.48 Å². The molecule has 1 N–H and O–H groups in total. The topological polar surface area (TPSA) is 55.1 Å². The fourth-order valence-electron chi connectivity index (χ4n) is 2.05. The van der Waals surface area contributed by atoms with Gasteiger partial charge in [-0.05, 0) is 37.6 Å². The molecule has 0 amide bonds. The number of rotatable bonds is 5. The van der Waals surface area contributed by atoms with Crippen LogP contribution in [-0.4, -0.2) is 20.9 Å². The number of aromatic nitrogens is 2. The van der Waals surface area contributed by atoms with E-state index in [9.17, 15) is 14.3 Å². The minimum absolute atomic E-state index is 0.223. The Kier molecular flexibility index (Phi) is 4.17. The first-order valence-electron chi connectivity index (χ1n) is 6.49. The molecule has 0 aliphatic carbocycles. The van der Waals surface area contributed by atoms with Crippen LogP contribution in [0.4, 0.5) is 4.39 Å². The Morgan fingerprint density at radius 1 is 1.40 bits per heavy atom. The summed E-state index contributed by atoms with van der Waals surface area (Å²) in [4.78, 5) is 11.4. The number of carbonyl (C=O) groups is 1. The number of hydrogen-bond donors (Lipinski definition) is 1. The van der Waals surface area contributed by atoms with Crippen molar-refractivity contribution in [3.63, 3.8) is 0 Å². The minimum atomic E-state index is -0.977. The van der Waals surface area contributed by atoms with Gasteiger partial charge < -0.3 is 5.11 Å². The van der Waals surface area contributed by atoms with Gasteiger partial charge in [-0.2, -0.15) is 5.10 Å². The molecule has 0 radical (unpaired) electrons. The van der Waals surface area contributed by atoms with E-state index in [0.29, 0.717) is 11.3 Å². The van der Waals surface area contributed by atoms with Gasteiger partial charge in [0.15, 0.2) is 0 Å². The lowest BCUT2D eigenvalue weighted by molar-refractivity contribution is -0.138. The molecule has 4 nitrogen and oxygen atoms in total. The summed E-state index contributed by atoms with van der Waals surface area (Å²) in [5.41, 5.74) is 1.15. The highest BCUT2D eigenvalue weighted by atomic mass is 19.1. The van der Waals surface area contributed by atoms with Crippen LogP contribution in [0.15, 0.2) is 36.5 Å². The maximum Gasteiger partial charge on any atom is 0.311 e. The van der Waals surface area contributed by atoms with Gasteiger partial charge in [0.05, 0.1) is 11.6 Å². The average molecular weight is 276 g/mol. The fraction of sp³-hybridized carbons (Fsp3) is 0.333. The Bertz CT molecular complexity index is 607. The minimum Gasteiger partial charge on any atom is -0.481 e. The van der Waals surface area contributed by atoms with Crippen LogP contribution in [0.25, 0.3) is 0 Å². The Morgan fingerprint density at radius 2 is 2.15 bits per heavy atom. The summed E-state index contributed by atoms with van der Waals surface area (Å²) in [7, 11) is 0. The summed E-state index contributed by atoms with van der Waals surface area (Å²) in [6, 6.07) is 7.74. The maximum atomic E-state index is 13.2. The highest BCUT2D eigenvalue weighted by molar-refractivity contribution is 5.76. The third kappa shape index (κ3) is 3.23. The van der Waals surface area contributed by atoms with E-state index < -0.39 is 17.7 Å². The molecule has 1 heterocycles. The van der Waals surface area contributed by atoms with Crippen LogP contribution in [0, 0.1) is 5.82 Å². The van der Waals surface area contributed by atoms with Gasteiger partial charge in [0.25, 0.3) is 0 Å². The van der Waals surface area contributed by atoms with Gasteiger partial charge in [-0.1, -0.05) is 12.1 Å². The molecule has 20 heavy (non-hydrogen) atoms. The van der Waals surface area contributed by atoms with E-state index in [1.165, 1.54) is 18.2 Å². The van der Waals surface area contributed by atoms with Crippen LogP contribution in [0.1, 0.15) is 37.1 Å². The van der Waals surface area contributed by atoms with E-state index in [2.05, 4.69) is 5.10 Å². The van der Waals surface area contributed by atoms with E-state index in [1.54, 1.807) is 16.8 Å². The zero-order valence-electron chi connectivity index (χ0n) is 11.5. The number of hydrogen-bond acceptors (Lipinski definition) is 2. The molecule has 1 unspecified atom stereocenters. The Labute approximate surface area is 116 Å². The molecule has 0 saturated carbocycles. The van der Waals surface area contributed by atoms with Gasteiger partial charge in [-0.15, -0.1) is 0 Å². The number of nitrogens with zero attached hydrogens (tertiary/aromatic N) is 2. The lowest BCUT2D eigenvalue weighted by Gasteiger charge is -2.11. The molecule has 0 aliphatic heterocycles. The normalized spacial score (nSPS) is 12.6. The molecule has 2 rings (SSSR count). The number of halogens is 1. The van der Waals surface area contributed by atoms with Crippen molar-refractivity contribution >= 4 is 5.97 Å². The van der Waals surface area contributed by atoms with Crippen LogP contribution in [0.2, 0.25) is 0 Å². The van der Waals surface area contributed by atoms with Crippen molar-refractivity contribution in [3.8, 4) is 0 Å². The Morgan fingerprint density at radius 3 is 2.70 bits per heavy atom. The number of carboxylic acids is 1. The smallest absolute Gasteiger partial charge is 0.311 e. The maximum absolute atomic E-state index is 13.2. The van der Waals surface area contributed by atoms with E-state index in [1.807, 2.05) is 20.0 Å². The molecule has 2 aromatic rings. The second-order valence-electron chi connectivity index (χ2n) is 5.03. The highest BCUT2D eigenvalue weighted by Gasteiger charge is 2.22. The summed E-state index contributed by atoms with van der Waals surface area (Å²) in [5.74, 6) is -2.20. The lowest BCUT2D eigenvalue weighted by atomic mass is 9.94. The van der Waals surface area contributed by atoms with Crippen molar-refractivity contribution < 1.29 is 14.3 Å². The molecule has 1 aromatic heterocycles. The second kappa shape index (κ2) is 5.86. The van der Waals surface area contributed by atoms with Gasteiger partial charge in [0.2, 0.25) is 0 Å². The summed E-state index contributed by atoms with van der Waals surface area (Å²) in [5, 5.41) is 13.7. The van der Waals surface area contributed by atoms with Crippen LogP contribution in [0.5, 0.6) is 0 Å². The second-order valence-corrected chi connectivity index (χ2v) is 5.03. The monoisotopic (exact) mass is 276 g/mol. The van der Waals surface area contributed by atoms with Crippen molar-refractivity contribution in [3.05, 3.63) is 53.6 Å². The van der Waals surface area contributed by atoms with Crippen molar-refractivity contribution in [2.75, 3.05) is 0 Å². The van der Waals surface area contributed by atoms with Crippen LogP contribution < -0.4 is 0 Å². The standard InChI is InChI=1S/C15H17FN2O2/c1-10(2)18-7-6-13(17-18)9-14(15(19)20)11-4-3-5-12(16)8-11/h3-8,10,14H,9H2,1-2H3,(H,19,20). The van der Waals surface area contributed by atoms with Gasteiger partial charge >= 0.3 is 5.97 Å². The Balaban J connectivity index is 2.23. The average Bonchev–Trinajstić information content (AvgIpc) is 2.84. The largest absolute Gasteiger partial charge is 0.481 e. The molecule has 0 spiro atoms. The third-order valence-electron chi connectivity index (χ3n) is 3.16. The SMILES string of the molecule is CC(C)n1ccc(CC(C(=O)O)c2cccc(F)c2)n1. The summed E-state index contributed by atoms with van der Waals surface area (Å²) >= 11 is 0. The zero-order chi connectivity index (χ0) is 14.7. The van der Waals surface area contributed by atoms with E-state index >= 15 is 0 Å². The third-order valence-corrected chi connectivity index (χ3v) is 3.16. The van der Waals surface area contributed by atoms with Crippen LogP contribution in [0.3, 0.4) is 0 Å². The van der Waals surface area contributed by atoms with Crippen molar-refractivity contribution in [1.29, 1.82) is 0 Å². The molecule has 0 saturated heterocycles. The molecule has 0 aliphatic rings. The van der Waals surface area contributed by atoms with Crippen molar-refractivity contribution in [2.45, 2.75) is 32.2 Å². The van der Waals surface area contributed by atoms with E-state index in [4.69, 9.17) is 0 Å². The van der Waals surface area contributed by atoms with Crippen molar-refractivity contribution in [2.24, 2.45) is 0 Å². The molecule has 1 atom stereocenters.